The summed E-state index contributed by atoms with van der Waals surface area (Å²) in [5, 5.41) is 118. The summed E-state index contributed by atoms with van der Waals surface area (Å²) in [6.45, 7) is 6.74. The van der Waals surface area contributed by atoms with Crippen LogP contribution in [0.15, 0.2) is 85.1 Å². The molecule has 3 aliphatic heterocycles. The highest BCUT2D eigenvalue weighted by Gasteiger charge is 2.51. The third kappa shape index (κ3) is 18.6. The standard InChI is InChI=1S/C47H73NO17/c1-27-17-15-13-11-9-7-5-6-8-10-12-14-16-18-34(64-46-44(58)41(48)43(57)30(4)63-46)24-38-40(45(59)60)37(54)26-47(61,65-38)25-33(51)22-36(53)35(52)20-19-31(49)21-32(50)23-39(55)62-29(3)28(2)42(27)56/h5-18,27-38,40-44,46,49-54,56-58,61H,19-26,48H2,1-4H3,(H,59,60)/b6-5+,9-7+,10-8+,13-11+,14-12+,17-15+,18-16+/t27-,28-,29-,30?,31?,32?,33?,34-,35?,36?,37-,38?,40?,41+,42+,43?,44?,46?,47+/m0/s1. The summed E-state index contributed by atoms with van der Waals surface area (Å²) in [5.74, 6) is -6.83. The topological polar surface area (TPSA) is 320 Å². The summed E-state index contributed by atoms with van der Waals surface area (Å²) >= 11 is 0. The number of carbonyl (C=O) groups excluding carboxylic acids is 1. The van der Waals surface area contributed by atoms with Crippen LogP contribution in [0.5, 0.6) is 0 Å². The highest BCUT2D eigenvalue weighted by Crippen LogP contribution is 2.38. The first-order valence-corrected chi connectivity index (χ1v) is 22.3. The van der Waals surface area contributed by atoms with Crippen molar-refractivity contribution in [2.45, 2.75) is 177 Å². The summed E-state index contributed by atoms with van der Waals surface area (Å²) in [5.41, 5.74) is 6.02. The van der Waals surface area contributed by atoms with Crippen LogP contribution in [0, 0.1) is 17.8 Å². The number of fused-ring (bicyclic) bond motifs is 2. The summed E-state index contributed by atoms with van der Waals surface area (Å²) in [4.78, 5) is 25.1. The van der Waals surface area contributed by atoms with Gasteiger partial charge in [0.1, 0.15) is 18.1 Å². The molecule has 2 fully saturated rings. The molecule has 13 N–H and O–H groups in total. The second kappa shape index (κ2) is 27.4. The molecule has 0 aromatic rings. The Balaban J connectivity index is 1.86. The molecule has 0 saturated carbocycles. The van der Waals surface area contributed by atoms with E-state index in [0.717, 1.165) is 0 Å². The number of hydrogen-bond donors (Lipinski definition) is 12. The first-order valence-electron chi connectivity index (χ1n) is 22.3. The number of aliphatic hydroxyl groups is 10. The molecular formula is C47H73NO17. The van der Waals surface area contributed by atoms with Gasteiger partial charge in [-0.05, 0) is 33.1 Å². The van der Waals surface area contributed by atoms with Crippen molar-refractivity contribution in [2.24, 2.45) is 23.5 Å². The van der Waals surface area contributed by atoms with Crippen molar-refractivity contribution >= 4 is 11.9 Å². The van der Waals surface area contributed by atoms with E-state index in [0.29, 0.717) is 0 Å². The number of aliphatic carboxylic acids is 1. The van der Waals surface area contributed by atoms with Crippen LogP contribution < -0.4 is 5.73 Å². The number of allylic oxidation sites excluding steroid dienone is 12. The third-order valence-corrected chi connectivity index (χ3v) is 12.0. The summed E-state index contributed by atoms with van der Waals surface area (Å²) < 4.78 is 23.1. The molecule has 18 heteroatoms. The Hall–Kier alpha value is -3.44. The van der Waals surface area contributed by atoms with Crippen molar-refractivity contribution in [3.8, 4) is 0 Å². The van der Waals surface area contributed by atoms with Gasteiger partial charge >= 0.3 is 11.9 Å². The van der Waals surface area contributed by atoms with E-state index in [1.165, 1.54) is 13.0 Å². The van der Waals surface area contributed by atoms with Gasteiger partial charge < -0.3 is 80.9 Å². The molecule has 368 valence electrons. The fourth-order valence-electron chi connectivity index (χ4n) is 7.97. The van der Waals surface area contributed by atoms with E-state index in [9.17, 15) is 65.8 Å². The Labute approximate surface area is 381 Å². The van der Waals surface area contributed by atoms with E-state index in [4.69, 9.17) is 24.7 Å². The van der Waals surface area contributed by atoms with Crippen LogP contribution >= 0.6 is 0 Å². The second-order valence-corrected chi connectivity index (χ2v) is 17.6. The predicted octanol–water partition coefficient (Wildman–Crippen LogP) is 0.712. The molecule has 2 saturated heterocycles. The first kappa shape index (κ1) is 55.9. The fourth-order valence-corrected chi connectivity index (χ4v) is 7.97. The van der Waals surface area contributed by atoms with E-state index < -0.39 is 147 Å². The number of carbonyl (C=O) groups is 2. The Morgan fingerprint density at radius 3 is 1.82 bits per heavy atom. The van der Waals surface area contributed by atoms with Gasteiger partial charge in [-0.1, -0.05) is 98.9 Å². The maximum atomic E-state index is 12.6. The summed E-state index contributed by atoms with van der Waals surface area (Å²) in [6, 6.07) is -1.15. The SMILES string of the molecule is CC1OC(O[C@H]2/C=C/C=C/C=C/C=C/C=C/C=C/C=C/[C@H](C)[C@@H](O)[C@@H](C)[C@H](C)OC(=O)CC(O)CC(O)CCC(O)C(O)CC(O)C[C@]3(O)C[C@H](O)C(C(=O)O)C(C2)O3)C(O)[C@H](N)C1O. The minimum atomic E-state index is -2.33. The molecule has 0 spiro atoms. The van der Waals surface area contributed by atoms with Crippen molar-refractivity contribution in [2.75, 3.05) is 0 Å². The lowest BCUT2D eigenvalue weighted by atomic mass is 9.82. The fraction of sp³-hybridized carbons (Fsp3) is 0.660. The van der Waals surface area contributed by atoms with Crippen LogP contribution in [-0.2, 0) is 28.5 Å². The zero-order valence-corrected chi connectivity index (χ0v) is 37.6. The van der Waals surface area contributed by atoms with Gasteiger partial charge in [-0.25, -0.2) is 0 Å². The van der Waals surface area contributed by atoms with Gasteiger partial charge in [-0.2, -0.15) is 0 Å². The number of esters is 1. The third-order valence-electron chi connectivity index (χ3n) is 12.0. The van der Waals surface area contributed by atoms with Crippen molar-refractivity contribution in [1.29, 1.82) is 0 Å². The van der Waals surface area contributed by atoms with Crippen molar-refractivity contribution in [1.82, 2.24) is 0 Å². The molecule has 0 aromatic carbocycles. The molecule has 18 nitrogen and oxygen atoms in total. The van der Waals surface area contributed by atoms with Crippen LogP contribution in [0.25, 0.3) is 0 Å². The lowest BCUT2D eigenvalue weighted by Crippen LogP contribution is -2.61. The average molecular weight is 924 g/mol. The zero-order valence-electron chi connectivity index (χ0n) is 37.6. The van der Waals surface area contributed by atoms with E-state index in [2.05, 4.69) is 0 Å². The molecule has 0 amide bonds. The lowest BCUT2D eigenvalue weighted by molar-refractivity contribution is -0.308. The number of carboxylic acid groups (broad SMARTS) is 1. The molecule has 3 rings (SSSR count). The summed E-state index contributed by atoms with van der Waals surface area (Å²) in [7, 11) is 0. The Morgan fingerprint density at radius 1 is 0.662 bits per heavy atom. The van der Waals surface area contributed by atoms with Gasteiger partial charge in [0.2, 0.25) is 0 Å². The largest absolute Gasteiger partial charge is 0.481 e. The van der Waals surface area contributed by atoms with Crippen LogP contribution in [0.1, 0.15) is 79.1 Å². The maximum Gasteiger partial charge on any atom is 0.311 e. The minimum Gasteiger partial charge on any atom is -0.481 e. The van der Waals surface area contributed by atoms with Gasteiger partial charge in [-0.15, -0.1) is 0 Å². The Kier molecular flexibility index (Phi) is 23.6. The molecule has 19 atom stereocenters. The number of rotatable bonds is 3. The molecule has 0 aromatic heterocycles. The number of ether oxygens (including phenoxy) is 4. The van der Waals surface area contributed by atoms with Crippen LogP contribution in [-0.4, -0.2) is 166 Å². The molecule has 0 radical (unpaired) electrons. The molecule has 2 bridgehead atoms. The number of aliphatic hydroxyl groups excluding tert-OH is 9. The summed E-state index contributed by atoms with van der Waals surface area (Å²) in [6.07, 6.45) is 3.46. The minimum absolute atomic E-state index is 0.107. The predicted molar refractivity (Wildman–Crippen MR) is 237 cm³/mol. The van der Waals surface area contributed by atoms with Gasteiger partial charge in [0.15, 0.2) is 12.1 Å². The average Bonchev–Trinajstić information content (AvgIpc) is 3.21. The molecule has 0 aliphatic carbocycles. The van der Waals surface area contributed by atoms with Crippen molar-refractivity contribution in [3.05, 3.63) is 85.1 Å². The van der Waals surface area contributed by atoms with Gasteiger partial charge in [-0.3, -0.25) is 9.59 Å². The lowest BCUT2D eigenvalue weighted by Gasteiger charge is -2.45. The van der Waals surface area contributed by atoms with E-state index >= 15 is 0 Å². The quantitative estimate of drug-likeness (QED) is 0.174. The number of nitrogens with two attached hydrogens (primary N) is 1. The highest BCUT2D eigenvalue weighted by atomic mass is 16.7. The highest BCUT2D eigenvalue weighted by molar-refractivity contribution is 5.71. The number of carboxylic acids is 1. The van der Waals surface area contributed by atoms with E-state index in [1.54, 1.807) is 80.7 Å². The first-order chi connectivity index (χ1) is 30.6. The Bertz CT molecular complexity index is 1670. The molecule has 3 aliphatic rings. The Morgan fingerprint density at radius 2 is 1.23 bits per heavy atom. The maximum absolute atomic E-state index is 12.6. The van der Waals surface area contributed by atoms with Crippen molar-refractivity contribution in [3.63, 3.8) is 0 Å². The van der Waals surface area contributed by atoms with Crippen LogP contribution in [0.4, 0.5) is 0 Å². The van der Waals surface area contributed by atoms with Gasteiger partial charge in [0.05, 0.1) is 79.6 Å². The monoisotopic (exact) mass is 923 g/mol. The zero-order chi connectivity index (χ0) is 48.4. The molecular weight excluding hydrogens is 851 g/mol. The van der Waals surface area contributed by atoms with Crippen molar-refractivity contribution < 1.29 is 84.7 Å². The van der Waals surface area contributed by atoms with Gasteiger partial charge in [0.25, 0.3) is 0 Å². The van der Waals surface area contributed by atoms with Crippen LogP contribution in [0.3, 0.4) is 0 Å². The second-order valence-electron chi connectivity index (χ2n) is 17.6. The smallest absolute Gasteiger partial charge is 0.311 e. The van der Waals surface area contributed by atoms with E-state index in [1.807, 2.05) is 19.1 Å². The molecule has 11 unspecified atom stereocenters. The van der Waals surface area contributed by atoms with Crippen LogP contribution in [0.2, 0.25) is 0 Å². The number of cyclic esters (lactones) is 1. The normalized spacial score (nSPS) is 45.5. The van der Waals surface area contributed by atoms with Gasteiger partial charge in [0, 0.05) is 37.5 Å². The van der Waals surface area contributed by atoms with E-state index in [-0.39, 0.29) is 31.6 Å². The molecule has 65 heavy (non-hydrogen) atoms. The number of hydrogen-bond acceptors (Lipinski definition) is 17. The molecule has 3 heterocycles.